The summed E-state index contributed by atoms with van der Waals surface area (Å²) in [7, 11) is 0. The Balaban J connectivity index is 1.98. The number of halogens is 1. The number of rotatable bonds is 3. The molecular weight excluding hydrogens is 224 g/mol. The zero-order chi connectivity index (χ0) is 11.4. The third-order valence-corrected chi connectivity index (χ3v) is 2.42. The molecule has 16 heavy (non-hydrogen) atoms. The highest BCUT2D eigenvalue weighted by molar-refractivity contribution is 6.30. The number of carbonyl (C=O) groups is 1. The van der Waals surface area contributed by atoms with E-state index in [0.29, 0.717) is 17.1 Å². The number of amides is 1. The fourth-order valence-electron chi connectivity index (χ4n) is 1.38. The molecule has 2 rings (SSSR count). The van der Waals surface area contributed by atoms with Crippen molar-refractivity contribution in [1.29, 1.82) is 0 Å². The van der Waals surface area contributed by atoms with E-state index in [2.05, 4.69) is 10.3 Å². The monoisotopic (exact) mass is 234 g/mol. The van der Waals surface area contributed by atoms with Gasteiger partial charge in [0, 0.05) is 22.5 Å². The van der Waals surface area contributed by atoms with Gasteiger partial charge in [-0.05, 0) is 30.3 Å². The molecule has 2 N–H and O–H groups in total. The summed E-state index contributed by atoms with van der Waals surface area (Å²) in [4.78, 5) is 14.7. The lowest BCUT2D eigenvalue weighted by atomic mass is 10.2. The van der Waals surface area contributed by atoms with Gasteiger partial charge in [-0.25, -0.2) is 0 Å². The van der Waals surface area contributed by atoms with Crippen LogP contribution in [0.3, 0.4) is 0 Å². The molecule has 0 fully saturated rings. The van der Waals surface area contributed by atoms with Crippen LogP contribution in [0.4, 0.5) is 0 Å². The Morgan fingerprint density at radius 3 is 2.88 bits per heavy atom. The molecule has 0 saturated carbocycles. The Hall–Kier alpha value is -1.74. The molecule has 0 bridgehead atoms. The minimum Gasteiger partial charge on any atom is -0.364 e. The van der Waals surface area contributed by atoms with Gasteiger partial charge in [0.2, 0.25) is 0 Å². The van der Waals surface area contributed by atoms with Crippen LogP contribution in [-0.2, 0) is 6.54 Å². The summed E-state index contributed by atoms with van der Waals surface area (Å²) in [5.41, 5.74) is 1.54. The van der Waals surface area contributed by atoms with E-state index in [1.54, 1.807) is 24.3 Å². The summed E-state index contributed by atoms with van der Waals surface area (Å²) in [5.74, 6) is -0.128. The zero-order valence-electron chi connectivity index (χ0n) is 8.53. The van der Waals surface area contributed by atoms with Gasteiger partial charge in [0.1, 0.15) is 0 Å². The van der Waals surface area contributed by atoms with Crippen molar-refractivity contribution in [3.8, 4) is 0 Å². The number of aromatic nitrogens is 1. The van der Waals surface area contributed by atoms with E-state index in [-0.39, 0.29) is 5.91 Å². The number of aromatic amines is 1. The number of nitrogens with one attached hydrogen (secondary N) is 2. The first kappa shape index (κ1) is 10.8. The number of hydrogen-bond donors (Lipinski definition) is 2. The average molecular weight is 235 g/mol. The maximum atomic E-state index is 11.7. The highest BCUT2D eigenvalue weighted by Gasteiger charge is 2.05. The molecule has 0 aliphatic heterocycles. The first-order valence-corrected chi connectivity index (χ1v) is 5.29. The number of hydrogen-bond acceptors (Lipinski definition) is 1. The molecular formula is C12H11ClN2O. The second kappa shape index (κ2) is 4.86. The van der Waals surface area contributed by atoms with Gasteiger partial charge in [-0.2, -0.15) is 0 Å². The fraction of sp³-hybridized carbons (Fsp3) is 0.0833. The minimum absolute atomic E-state index is 0.128. The lowest BCUT2D eigenvalue weighted by molar-refractivity contribution is 0.0950. The molecule has 0 aliphatic rings. The first-order valence-electron chi connectivity index (χ1n) is 4.92. The lowest BCUT2D eigenvalue weighted by Gasteiger charge is -2.04. The molecule has 2 aromatic rings. The molecule has 0 radical (unpaired) electrons. The van der Waals surface area contributed by atoms with E-state index in [1.807, 2.05) is 18.3 Å². The zero-order valence-corrected chi connectivity index (χ0v) is 9.29. The Labute approximate surface area is 98.4 Å². The third-order valence-electron chi connectivity index (χ3n) is 2.19. The van der Waals surface area contributed by atoms with Gasteiger partial charge in [0.05, 0.1) is 6.54 Å². The molecule has 0 aliphatic carbocycles. The number of benzene rings is 1. The maximum absolute atomic E-state index is 11.7. The molecule has 1 heterocycles. The number of H-pyrrole nitrogens is 1. The third kappa shape index (κ3) is 2.64. The summed E-state index contributed by atoms with van der Waals surface area (Å²) in [5, 5.41) is 3.36. The van der Waals surface area contributed by atoms with Crippen molar-refractivity contribution in [2.24, 2.45) is 0 Å². The summed E-state index contributed by atoms with van der Waals surface area (Å²) < 4.78 is 0. The van der Waals surface area contributed by atoms with Crippen LogP contribution in [0.25, 0.3) is 0 Å². The van der Waals surface area contributed by atoms with Gasteiger partial charge < -0.3 is 10.3 Å². The van der Waals surface area contributed by atoms with E-state index in [4.69, 9.17) is 11.6 Å². The Morgan fingerprint density at radius 2 is 2.19 bits per heavy atom. The molecule has 0 unspecified atom stereocenters. The second-order valence-corrected chi connectivity index (χ2v) is 3.82. The summed E-state index contributed by atoms with van der Waals surface area (Å²) in [6.45, 7) is 0.484. The predicted molar refractivity (Wildman–Crippen MR) is 63.4 cm³/mol. The molecule has 1 amide bonds. The Morgan fingerprint density at radius 1 is 1.31 bits per heavy atom. The van der Waals surface area contributed by atoms with Gasteiger partial charge in [0.15, 0.2) is 0 Å². The second-order valence-electron chi connectivity index (χ2n) is 3.39. The molecule has 82 valence electrons. The Kier molecular flexibility index (Phi) is 3.27. The van der Waals surface area contributed by atoms with E-state index < -0.39 is 0 Å². The van der Waals surface area contributed by atoms with Crippen molar-refractivity contribution < 1.29 is 4.79 Å². The summed E-state index contributed by atoms with van der Waals surface area (Å²) >= 11 is 5.80. The van der Waals surface area contributed by atoms with E-state index >= 15 is 0 Å². The molecule has 0 atom stereocenters. The average Bonchev–Trinajstić information content (AvgIpc) is 2.78. The van der Waals surface area contributed by atoms with Crippen LogP contribution in [-0.4, -0.2) is 10.9 Å². The summed E-state index contributed by atoms with van der Waals surface area (Å²) in [6, 6.07) is 10.7. The lowest BCUT2D eigenvalue weighted by Crippen LogP contribution is -2.22. The van der Waals surface area contributed by atoms with Crippen molar-refractivity contribution in [1.82, 2.24) is 10.3 Å². The smallest absolute Gasteiger partial charge is 0.251 e. The van der Waals surface area contributed by atoms with Crippen LogP contribution in [0.15, 0.2) is 42.6 Å². The van der Waals surface area contributed by atoms with Gasteiger partial charge in [-0.15, -0.1) is 0 Å². The quantitative estimate of drug-likeness (QED) is 0.843. The van der Waals surface area contributed by atoms with E-state index in [1.165, 1.54) is 0 Å². The van der Waals surface area contributed by atoms with Crippen LogP contribution in [0.1, 0.15) is 16.1 Å². The van der Waals surface area contributed by atoms with Gasteiger partial charge in [-0.1, -0.05) is 17.7 Å². The maximum Gasteiger partial charge on any atom is 0.251 e. The van der Waals surface area contributed by atoms with E-state index in [0.717, 1.165) is 5.69 Å². The van der Waals surface area contributed by atoms with Gasteiger partial charge in [0.25, 0.3) is 5.91 Å². The highest BCUT2D eigenvalue weighted by atomic mass is 35.5. The first-order chi connectivity index (χ1) is 7.75. The van der Waals surface area contributed by atoms with Gasteiger partial charge >= 0.3 is 0 Å². The molecule has 3 nitrogen and oxygen atoms in total. The van der Waals surface area contributed by atoms with Crippen LogP contribution >= 0.6 is 11.6 Å². The van der Waals surface area contributed by atoms with Crippen molar-refractivity contribution in [3.05, 3.63) is 58.9 Å². The number of carbonyl (C=O) groups excluding carboxylic acids is 1. The molecule has 4 heteroatoms. The van der Waals surface area contributed by atoms with Crippen molar-refractivity contribution in [2.45, 2.75) is 6.54 Å². The summed E-state index contributed by atoms with van der Waals surface area (Å²) in [6.07, 6.45) is 1.82. The molecule has 1 aromatic carbocycles. The van der Waals surface area contributed by atoms with Crippen molar-refractivity contribution in [2.75, 3.05) is 0 Å². The standard InChI is InChI=1S/C12H11ClN2O/c13-10-4-1-3-9(7-10)12(16)15-8-11-5-2-6-14-11/h1-7,14H,8H2,(H,15,16). The van der Waals surface area contributed by atoms with Crippen LogP contribution in [0, 0.1) is 0 Å². The topological polar surface area (TPSA) is 44.9 Å². The van der Waals surface area contributed by atoms with Crippen LogP contribution < -0.4 is 5.32 Å². The van der Waals surface area contributed by atoms with E-state index in [9.17, 15) is 4.79 Å². The fourth-order valence-corrected chi connectivity index (χ4v) is 1.58. The van der Waals surface area contributed by atoms with Crippen LogP contribution in [0.5, 0.6) is 0 Å². The van der Waals surface area contributed by atoms with Crippen molar-refractivity contribution in [3.63, 3.8) is 0 Å². The van der Waals surface area contributed by atoms with Crippen molar-refractivity contribution >= 4 is 17.5 Å². The van der Waals surface area contributed by atoms with Gasteiger partial charge in [-0.3, -0.25) is 4.79 Å². The normalized spacial score (nSPS) is 10.1. The van der Waals surface area contributed by atoms with Crippen LogP contribution in [0.2, 0.25) is 5.02 Å². The predicted octanol–water partition coefficient (Wildman–Crippen LogP) is 2.60. The Bertz CT molecular complexity index is 480. The molecule has 1 aromatic heterocycles. The highest BCUT2D eigenvalue weighted by Crippen LogP contribution is 2.10. The SMILES string of the molecule is O=C(NCc1ccc[nH]1)c1cccc(Cl)c1. The molecule has 0 spiro atoms. The largest absolute Gasteiger partial charge is 0.364 e. The molecule has 0 saturated heterocycles. The minimum atomic E-state index is -0.128.